The number of esters is 1. The number of aromatic nitrogens is 3. The molecule has 2 aliphatic rings. The Balaban J connectivity index is 1.33. The molecule has 0 unspecified atom stereocenters. The van der Waals surface area contributed by atoms with Gasteiger partial charge in [-0.2, -0.15) is 4.98 Å². The number of hydrogen-bond acceptors (Lipinski definition) is 9. The van der Waals surface area contributed by atoms with Crippen molar-refractivity contribution < 1.29 is 33.2 Å². The number of aliphatic hydroxyl groups excluding tert-OH is 1. The van der Waals surface area contributed by atoms with Gasteiger partial charge in [0.05, 0.1) is 35.9 Å². The molecule has 0 aliphatic carbocycles. The molecule has 0 amide bonds. The molecule has 34 heavy (non-hydrogen) atoms. The van der Waals surface area contributed by atoms with Crippen LogP contribution in [0.15, 0.2) is 24.3 Å². The van der Waals surface area contributed by atoms with Gasteiger partial charge >= 0.3 is 5.97 Å². The molecule has 12 heteroatoms. The molecule has 5 rings (SSSR count). The molecular weight excluding hydrogens is 471 g/mol. The topological polar surface area (TPSA) is 128 Å². The maximum absolute atomic E-state index is 14.4. The van der Waals surface area contributed by atoms with Gasteiger partial charge in [0.25, 0.3) is 6.01 Å². The molecule has 3 N–H and O–H groups in total. The summed E-state index contributed by atoms with van der Waals surface area (Å²) in [5, 5.41) is 13.1. The first kappa shape index (κ1) is 22.8. The van der Waals surface area contributed by atoms with Crippen LogP contribution in [0.25, 0.3) is 11.2 Å². The standard InChI is InChI=1S/C22H22ClFN4O6/c1-2-31-21(30)10-4-3-5-13(24)11(10)7-25-19-12(23)6-14-20(27-19)28-22(26-14)34-16-9-33-17-15(29)8-32-18(16)17/h3-6,15-18,29H,2,7-9H2,1H3,(H2,25,26,27,28)/t15-,16-,17-,18-/m1/s1. The minimum Gasteiger partial charge on any atom is -0.462 e. The lowest BCUT2D eigenvalue weighted by Gasteiger charge is -2.15. The fraction of sp³-hybridized carbons (Fsp3) is 0.409. The fourth-order valence-corrected chi connectivity index (χ4v) is 4.29. The molecule has 180 valence electrons. The summed E-state index contributed by atoms with van der Waals surface area (Å²) in [5.74, 6) is -0.905. The number of halogens is 2. The summed E-state index contributed by atoms with van der Waals surface area (Å²) in [4.78, 5) is 23.9. The van der Waals surface area contributed by atoms with Crippen molar-refractivity contribution in [1.82, 2.24) is 15.0 Å². The Hall–Kier alpha value is -2.99. The Labute approximate surface area is 198 Å². The van der Waals surface area contributed by atoms with E-state index in [0.717, 1.165) is 0 Å². The number of rotatable bonds is 7. The lowest BCUT2D eigenvalue weighted by atomic mass is 10.1. The smallest absolute Gasteiger partial charge is 0.338 e. The number of aliphatic hydroxyl groups is 1. The summed E-state index contributed by atoms with van der Waals surface area (Å²) >= 11 is 6.36. The first-order valence-corrected chi connectivity index (χ1v) is 11.1. The fourth-order valence-electron chi connectivity index (χ4n) is 4.07. The maximum atomic E-state index is 14.4. The quantitative estimate of drug-likeness (QED) is 0.426. The molecule has 2 fully saturated rings. The highest BCUT2D eigenvalue weighted by atomic mass is 35.5. The summed E-state index contributed by atoms with van der Waals surface area (Å²) in [7, 11) is 0. The summed E-state index contributed by atoms with van der Waals surface area (Å²) in [6.45, 7) is 2.27. The zero-order chi connectivity index (χ0) is 23.8. The second kappa shape index (κ2) is 9.34. The largest absolute Gasteiger partial charge is 0.462 e. The Morgan fingerprint density at radius 2 is 2.15 bits per heavy atom. The Morgan fingerprint density at radius 3 is 2.97 bits per heavy atom. The molecule has 0 bridgehead atoms. The van der Waals surface area contributed by atoms with E-state index in [1.165, 1.54) is 18.2 Å². The van der Waals surface area contributed by atoms with Crippen LogP contribution in [0.3, 0.4) is 0 Å². The number of benzene rings is 1. The highest BCUT2D eigenvalue weighted by Crippen LogP contribution is 2.31. The van der Waals surface area contributed by atoms with Crippen molar-refractivity contribution in [3.05, 3.63) is 46.2 Å². The van der Waals surface area contributed by atoms with Gasteiger partial charge in [-0.3, -0.25) is 0 Å². The van der Waals surface area contributed by atoms with E-state index >= 15 is 0 Å². The van der Waals surface area contributed by atoms with Gasteiger partial charge < -0.3 is 34.4 Å². The molecular formula is C22H22ClFN4O6. The van der Waals surface area contributed by atoms with Crippen molar-refractivity contribution in [1.29, 1.82) is 0 Å². The minimum atomic E-state index is -0.679. The van der Waals surface area contributed by atoms with Crippen LogP contribution in [-0.2, 0) is 20.8 Å². The van der Waals surface area contributed by atoms with Gasteiger partial charge in [0, 0.05) is 12.1 Å². The van der Waals surface area contributed by atoms with E-state index in [1.54, 1.807) is 13.0 Å². The first-order chi connectivity index (χ1) is 16.4. The third-order valence-electron chi connectivity index (χ3n) is 5.70. The summed E-state index contributed by atoms with van der Waals surface area (Å²) in [5.41, 5.74) is 1.12. The van der Waals surface area contributed by atoms with Gasteiger partial charge in [-0.05, 0) is 25.1 Å². The summed E-state index contributed by atoms with van der Waals surface area (Å²) in [6, 6.07) is 6.03. The summed E-state index contributed by atoms with van der Waals surface area (Å²) in [6.07, 6.45) is -1.91. The van der Waals surface area contributed by atoms with Crippen LogP contribution < -0.4 is 10.1 Å². The number of carbonyl (C=O) groups is 1. The van der Waals surface area contributed by atoms with Gasteiger partial charge in [-0.1, -0.05) is 17.7 Å². The SMILES string of the molecule is CCOC(=O)c1cccc(F)c1CNc1nc2nc(O[C@@H]3CO[C@H]4[C@@H]3OC[C@H]4O)[nH]c2cc1Cl. The number of ether oxygens (including phenoxy) is 4. The molecule has 3 aromatic rings. The predicted molar refractivity (Wildman–Crippen MR) is 118 cm³/mol. The first-order valence-electron chi connectivity index (χ1n) is 10.8. The lowest BCUT2D eigenvalue weighted by molar-refractivity contribution is 0.00706. The number of carbonyl (C=O) groups excluding carboxylic acids is 1. The van der Waals surface area contributed by atoms with E-state index in [1.807, 2.05) is 0 Å². The zero-order valence-corrected chi connectivity index (χ0v) is 18.8. The Morgan fingerprint density at radius 1 is 1.32 bits per heavy atom. The van der Waals surface area contributed by atoms with Gasteiger partial charge in [0.1, 0.15) is 29.9 Å². The number of aromatic amines is 1. The minimum absolute atomic E-state index is 0.0467. The number of fused-ring (bicyclic) bond motifs is 2. The van der Waals surface area contributed by atoms with Crippen LogP contribution in [0.2, 0.25) is 5.02 Å². The van der Waals surface area contributed by atoms with Crippen molar-refractivity contribution in [2.24, 2.45) is 0 Å². The number of imidazole rings is 1. The van der Waals surface area contributed by atoms with Crippen LogP contribution >= 0.6 is 11.6 Å². The van der Waals surface area contributed by atoms with Crippen molar-refractivity contribution in [2.75, 3.05) is 25.1 Å². The summed E-state index contributed by atoms with van der Waals surface area (Å²) < 4.78 is 36.5. The maximum Gasteiger partial charge on any atom is 0.338 e. The third-order valence-corrected chi connectivity index (χ3v) is 5.98. The predicted octanol–water partition coefficient (Wildman–Crippen LogP) is 2.45. The van der Waals surface area contributed by atoms with Gasteiger partial charge in [-0.15, -0.1) is 0 Å². The molecule has 2 saturated heterocycles. The van der Waals surface area contributed by atoms with Gasteiger partial charge in [0.15, 0.2) is 11.8 Å². The van der Waals surface area contributed by atoms with Crippen molar-refractivity contribution in [3.8, 4) is 6.01 Å². The van der Waals surface area contributed by atoms with Gasteiger partial charge in [0.2, 0.25) is 0 Å². The number of nitrogens with zero attached hydrogens (tertiary/aromatic N) is 2. The highest BCUT2D eigenvalue weighted by Gasteiger charge is 2.48. The number of hydrogen-bond donors (Lipinski definition) is 3. The van der Waals surface area contributed by atoms with Crippen LogP contribution in [0.1, 0.15) is 22.8 Å². The van der Waals surface area contributed by atoms with E-state index in [9.17, 15) is 14.3 Å². The molecule has 4 atom stereocenters. The van der Waals surface area contributed by atoms with E-state index in [-0.39, 0.29) is 60.4 Å². The second-order valence-electron chi connectivity index (χ2n) is 7.89. The highest BCUT2D eigenvalue weighted by molar-refractivity contribution is 6.33. The number of nitrogens with one attached hydrogen (secondary N) is 2. The van der Waals surface area contributed by atoms with E-state index < -0.39 is 30.1 Å². The molecule has 0 saturated carbocycles. The van der Waals surface area contributed by atoms with Crippen LogP contribution in [0.5, 0.6) is 6.01 Å². The molecule has 1 aromatic carbocycles. The van der Waals surface area contributed by atoms with Crippen LogP contribution in [0, 0.1) is 5.82 Å². The zero-order valence-electron chi connectivity index (χ0n) is 18.1. The molecule has 10 nitrogen and oxygen atoms in total. The molecule has 2 aliphatic heterocycles. The normalized spacial score (nSPS) is 23.8. The molecule has 0 radical (unpaired) electrons. The third kappa shape index (κ3) is 4.27. The number of H-pyrrole nitrogens is 1. The second-order valence-corrected chi connectivity index (χ2v) is 8.30. The molecule has 4 heterocycles. The van der Waals surface area contributed by atoms with Gasteiger partial charge in [-0.25, -0.2) is 14.2 Å². The molecule has 0 spiro atoms. The van der Waals surface area contributed by atoms with Crippen LogP contribution in [-0.4, -0.2) is 70.3 Å². The monoisotopic (exact) mass is 492 g/mol. The van der Waals surface area contributed by atoms with Crippen molar-refractivity contribution in [2.45, 2.75) is 37.9 Å². The molecule has 2 aromatic heterocycles. The Bertz CT molecular complexity index is 1220. The Kier molecular flexibility index (Phi) is 6.26. The van der Waals surface area contributed by atoms with E-state index in [4.69, 9.17) is 30.5 Å². The average molecular weight is 493 g/mol. The van der Waals surface area contributed by atoms with Crippen molar-refractivity contribution in [3.63, 3.8) is 0 Å². The average Bonchev–Trinajstić information content (AvgIpc) is 3.49. The lowest BCUT2D eigenvalue weighted by Crippen LogP contribution is -2.34. The van der Waals surface area contributed by atoms with E-state index in [0.29, 0.717) is 11.2 Å². The number of pyridine rings is 1. The van der Waals surface area contributed by atoms with E-state index in [2.05, 4.69) is 20.3 Å². The van der Waals surface area contributed by atoms with Crippen molar-refractivity contribution >= 4 is 34.6 Å². The van der Waals surface area contributed by atoms with Crippen LogP contribution in [0.4, 0.5) is 10.2 Å². The number of anilines is 1.